The molecule has 0 bridgehead atoms. The number of hydrogen-bond donors (Lipinski definition) is 0. The summed E-state index contributed by atoms with van der Waals surface area (Å²) in [5.41, 5.74) is 0. The maximum atomic E-state index is 2.35. The van der Waals surface area contributed by atoms with Gasteiger partial charge in [-0.1, -0.05) is 37.3 Å². The van der Waals surface area contributed by atoms with Crippen molar-refractivity contribution in [2.45, 2.75) is 19.8 Å². The van der Waals surface area contributed by atoms with Gasteiger partial charge in [-0.25, -0.2) is 0 Å². The zero-order valence-electron chi connectivity index (χ0n) is 10.6. The van der Waals surface area contributed by atoms with Crippen molar-refractivity contribution in [2.24, 2.45) is 5.92 Å². The summed E-state index contributed by atoms with van der Waals surface area (Å²) in [6.07, 6.45) is 13.2. The highest BCUT2D eigenvalue weighted by molar-refractivity contribution is 8.03. The fourth-order valence-corrected chi connectivity index (χ4v) is 2.53. The predicted molar refractivity (Wildman–Crippen MR) is 75.8 cm³/mol. The van der Waals surface area contributed by atoms with Gasteiger partial charge in [0.15, 0.2) is 0 Å². The lowest BCUT2D eigenvalue weighted by Gasteiger charge is -2.15. The van der Waals surface area contributed by atoms with Crippen LogP contribution >= 0.6 is 11.8 Å². The molecule has 0 aliphatic heterocycles. The monoisotopic (exact) mass is 237 g/mol. The highest BCUT2D eigenvalue weighted by atomic mass is 32.2. The molecule has 0 aromatic rings. The molecule has 1 aliphatic rings. The molecule has 0 aromatic heterocycles. The van der Waals surface area contributed by atoms with Crippen LogP contribution in [0.25, 0.3) is 0 Å². The van der Waals surface area contributed by atoms with E-state index in [4.69, 9.17) is 0 Å². The minimum absolute atomic E-state index is 0.796. The third-order valence-corrected chi connectivity index (χ3v) is 3.99. The fourth-order valence-electron chi connectivity index (χ4n) is 1.48. The van der Waals surface area contributed by atoms with Crippen molar-refractivity contribution in [3.05, 3.63) is 35.3 Å². The van der Waals surface area contributed by atoms with Gasteiger partial charge < -0.3 is 4.90 Å². The van der Waals surface area contributed by atoms with E-state index >= 15 is 0 Å². The van der Waals surface area contributed by atoms with E-state index in [1.54, 1.807) is 0 Å². The Bertz CT molecular complexity index is 276. The van der Waals surface area contributed by atoms with Gasteiger partial charge in [-0.2, -0.15) is 0 Å². The molecule has 0 aromatic carbocycles. The molecule has 0 amide bonds. The molecule has 0 N–H and O–H groups in total. The van der Waals surface area contributed by atoms with Gasteiger partial charge in [0.05, 0.1) is 0 Å². The van der Waals surface area contributed by atoms with Crippen molar-refractivity contribution in [3.8, 4) is 0 Å². The van der Waals surface area contributed by atoms with Crippen LogP contribution in [0, 0.1) is 5.92 Å². The molecule has 1 atom stereocenters. The first-order valence-corrected chi connectivity index (χ1v) is 6.97. The Balaban J connectivity index is 2.20. The van der Waals surface area contributed by atoms with Crippen molar-refractivity contribution in [3.63, 3.8) is 0 Å². The second kappa shape index (κ2) is 7.75. The smallest absolute Gasteiger partial charge is 0.000311 e. The third kappa shape index (κ3) is 6.19. The summed E-state index contributed by atoms with van der Waals surface area (Å²) in [7, 11) is 4.28. The van der Waals surface area contributed by atoms with E-state index in [1.165, 1.54) is 23.6 Å². The zero-order chi connectivity index (χ0) is 11.8. The van der Waals surface area contributed by atoms with Crippen LogP contribution in [0.2, 0.25) is 0 Å². The third-order valence-electron chi connectivity index (χ3n) is 2.58. The number of allylic oxidation sites excluding steroid dienone is 6. The van der Waals surface area contributed by atoms with Crippen LogP contribution in [0.5, 0.6) is 0 Å². The quantitative estimate of drug-likeness (QED) is 0.693. The molecule has 0 fully saturated rings. The Hall–Kier alpha value is -0.470. The van der Waals surface area contributed by atoms with Gasteiger partial charge in [0.1, 0.15) is 0 Å². The molecular weight excluding hydrogens is 214 g/mol. The van der Waals surface area contributed by atoms with Crippen LogP contribution in [-0.4, -0.2) is 31.3 Å². The molecule has 2 heteroatoms. The second-order valence-electron chi connectivity index (χ2n) is 4.66. The van der Waals surface area contributed by atoms with E-state index in [0.717, 1.165) is 12.3 Å². The van der Waals surface area contributed by atoms with Crippen molar-refractivity contribution < 1.29 is 0 Å². The molecular formula is C14H23NS. The summed E-state index contributed by atoms with van der Waals surface area (Å²) in [6.45, 7) is 3.54. The molecule has 0 spiro atoms. The van der Waals surface area contributed by atoms with E-state index in [9.17, 15) is 0 Å². The summed E-state index contributed by atoms with van der Waals surface area (Å²) >= 11 is 2.01. The van der Waals surface area contributed by atoms with Gasteiger partial charge in [-0.3, -0.25) is 0 Å². The van der Waals surface area contributed by atoms with Gasteiger partial charge in [-0.05, 0) is 44.3 Å². The lowest BCUT2D eigenvalue weighted by atomic mass is 10.1. The average molecular weight is 237 g/mol. The standard InChI is InChI=1S/C14H23NS/c1-13(10-11-15(2)3)12-16-14-8-6-4-5-7-9-14/h4-8,13H,9-12H2,1-3H3. The van der Waals surface area contributed by atoms with Crippen LogP contribution in [0.4, 0.5) is 0 Å². The van der Waals surface area contributed by atoms with Crippen molar-refractivity contribution in [1.82, 2.24) is 4.90 Å². The Morgan fingerprint density at radius 1 is 1.31 bits per heavy atom. The van der Waals surface area contributed by atoms with E-state index in [0.29, 0.717) is 0 Å². The van der Waals surface area contributed by atoms with Crippen LogP contribution < -0.4 is 0 Å². The van der Waals surface area contributed by atoms with Gasteiger partial charge in [0.25, 0.3) is 0 Å². The van der Waals surface area contributed by atoms with E-state index in [1.807, 2.05) is 11.8 Å². The highest BCUT2D eigenvalue weighted by Gasteiger charge is 2.05. The maximum absolute atomic E-state index is 2.35. The van der Waals surface area contributed by atoms with Gasteiger partial charge in [0.2, 0.25) is 0 Å². The molecule has 16 heavy (non-hydrogen) atoms. The van der Waals surface area contributed by atoms with E-state index < -0.39 is 0 Å². The first-order valence-electron chi connectivity index (χ1n) is 5.98. The van der Waals surface area contributed by atoms with Crippen LogP contribution in [0.3, 0.4) is 0 Å². The Kier molecular flexibility index (Phi) is 6.58. The molecule has 0 radical (unpaired) electrons. The summed E-state index contributed by atoms with van der Waals surface area (Å²) < 4.78 is 0. The van der Waals surface area contributed by atoms with Crippen molar-refractivity contribution in [1.29, 1.82) is 0 Å². The second-order valence-corrected chi connectivity index (χ2v) is 5.80. The number of thioether (sulfide) groups is 1. The summed E-state index contributed by atoms with van der Waals surface area (Å²) in [4.78, 5) is 3.75. The van der Waals surface area contributed by atoms with Crippen molar-refractivity contribution >= 4 is 11.8 Å². The van der Waals surface area contributed by atoms with Gasteiger partial charge >= 0.3 is 0 Å². The molecule has 1 unspecified atom stereocenters. The Morgan fingerprint density at radius 3 is 2.88 bits per heavy atom. The average Bonchev–Trinajstić information content (AvgIpc) is 2.51. The number of nitrogens with zero attached hydrogens (tertiary/aromatic N) is 1. The SMILES string of the molecule is CC(CCN(C)C)CSC1=CC=CC=CC1. The Morgan fingerprint density at radius 2 is 2.12 bits per heavy atom. The predicted octanol–water partition coefficient (Wildman–Crippen LogP) is 3.71. The summed E-state index contributed by atoms with van der Waals surface area (Å²) in [5.74, 6) is 2.03. The topological polar surface area (TPSA) is 3.24 Å². The molecule has 0 saturated heterocycles. The van der Waals surface area contributed by atoms with E-state index in [-0.39, 0.29) is 0 Å². The van der Waals surface area contributed by atoms with Crippen LogP contribution in [-0.2, 0) is 0 Å². The lowest BCUT2D eigenvalue weighted by Crippen LogP contribution is -2.16. The normalized spacial score (nSPS) is 17.4. The molecule has 1 aliphatic carbocycles. The molecule has 0 saturated carbocycles. The summed E-state index contributed by atoms with van der Waals surface area (Å²) in [6, 6.07) is 0. The van der Waals surface area contributed by atoms with E-state index in [2.05, 4.69) is 56.3 Å². The minimum atomic E-state index is 0.796. The largest absolute Gasteiger partial charge is 0.309 e. The fraction of sp³-hybridized carbons (Fsp3) is 0.571. The maximum Gasteiger partial charge on any atom is 0.000311 e. The lowest BCUT2D eigenvalue weighted by molar-refractivity contribution is 0.371. The molecule has 1 nitrogen and oxygen atoms in total. The van der Waals surface area contributed by atoms with Crippen LogP contribution in [0.1, 0.15) is 19.8 Å². The molecule has 1 rings (SSSR count). The van der Waals surface area contributed by atoms with Gasteiger partial charge in [0, 0.05) is 5.75 Å². The molecule has 90 valence electrons. The number of hydrogen-bond acceptors (Lipinski definition) is 2. The van der Waals surface area contributed by atoms with Crippen LogP contribution in [0.15, 0.2) is 35.3 Å². The Labute approximate surface area is 104 Å². The van der Waals surface area contributed by atoms with Crippen molar-refractivity contribution in [2.75, 3.05) is 26.4 Å². The highest BCUT2D eigenvalue weighted by Crippen LogP contribution is 2.24. The first-order chi connectivity index (χ1) is 7.68. The summed E-state index contributed by atoms with van der Waals surface area (Å²) in [5, 5.41) is 0. The number of rotatable bonds is 6. The molecule has 0 heterocycles. The first kappa shape index (κ1) is 13.6. The zero-order valence-corrected chi connectivity index (χ0v) is 11.5. The van der Waals surface area contributed by atoms with Gasteiger partial charge in [-0.15, -0.1) is 11.8 Å². The minimum Gasteiger partial charge on any atom is -0.309 e.